The maximum Gasteiger partial charge on any atom is 0.306 e. The third kappa shape index (κ3) is 1.48. The number of hydrogen-bond acceptors (Lipinski definition) is 2. The maximum atomic E-state index is 10.4. The second-order valence-corrected chi connectivity index (χ2v) is 3.43. The van der Waals surface area contributed by atoms with Gasteiger partial charge >= 0.3 is 5.97 Å². The van der Waals surface area contributed by atoms with Crippen LogP contribution in [0.25, 0.3) is 0 Å². The van der Waals surface area contributed by atoms with Crippen molar-refractivity contribution in [3.05, 3.63) is 0 Å². The second kappa shape index (κ2) is 2.23. The summed E-state index contributed by atoms with van der Waals surface area (Å²) in [4.78, 5) is 10.4. The molecule has 1 rings (SSSR count). The molecule has 0 aromatic heterocycles. The minimum absolute atomic E-state index is 0.199. The van der Waals surface area contributed by atoms with Crippen LogP contribution in [-0.2, 0) is 4.79 Å². The highest BCUT2D eigenvalue weighted by Crippen LogP contribution is 2.31. The zero-order valence-electron chi connectivity index (χ0n) is 6.13. The largest absolute Gasteiger partial charge is 0.481 e. The van der Waals surface area contributed by atoms with Gasteiger partial charge in [0.05, 0.1) is 5.92 Å². The molecular weight excluding hydrogens is 130 g/mol. The predicted octanol–water partition coefficient (Wildman–Crippen LogP) is 0.588. The highest BCUT2D eigenvalue weighted by atomic mass is 16.4. The first kappa shape index (κ1) is 7.54. The first-order valence-corrected chi connectivity index (χ1v) is 3.53. The van der Waals surface area contributed by atoms with Crippen molar-refractivity contribution >= 4 is 5.97 Å². The summed E-state index contributed by atoms with van der Waals surface area (Å²) in [5.74, 6) is -0.899. The molecule has 0 aromatic rings. The van der Waals surface area contributed by atoms with E-state index in [4.69, 9.17) is 10.8 Å². The Kier molecular flexibility index (Phi) is 1.68. The van der Waals surface area contributed by atoms with E-state index in [1.54, 1.807) is 0 Å². The monoisotopic (exact) mass is 143 g/mol. The van der Waals surface area contributed by atoms with Gasteiger partial charge in [0.2, 0.25) is 0 Å². The normalized spacial score (nSPS) is 40.0. The first-order valence-electron chi connectivity index (χ1n) is 3.53. The lowest BCUT2D eigenvalue weighted by molar-refractivity contribution is -0.141. The molecule has 1 saturated carbocycles. The molecule has 1 unspecified atom stereocenters. The number of carboxylic acids is 1. The van der Waals surface area contributed by atoms with E-state index < -0.39 is 5.97 Å². The Morgan fingerprint density at radius 2 is 2.40 bits per heavy atom. The van der Waals surface area contributed by atoms with Crippen molar-refractivity contribution < 1.29 is 9.90 Å². The fourth-order valence-corrected chi connectivity index (χ4v) is 1.48. The Labute approximate surface area is 60.2 Å². The van der Waals surface area contributed by atoms with Gasteiger partial charge in [-0.3, -0.25) is 4.79 Å². The average Bonchev–Trinajstić information content (AvgIpc) is 2.10. The summed E-state index contributed by atoms with van der Waals surface area (Å²) in [7, 11) is 0. The first-order chi connectivity index (χ1) is 4.51. The molecule has 58 valence electrons. The van der Waals surface area contributed by atoms with Crippen molar-refractivity contribution in [3.8, 4) is 0 Å². The van der Waals surface area contributed by atoms with Crippen molar-refractivity contribution in [1.29, 1.82) is 0 Å². The molecule has 3 N–H and O–H groups in total. The Hall–Kier alpha value is -0.570. The number of nitrogens with two attached hydrogens (primary N) is 1. The van der Waals surface area contributed by atoms with Crippen molar-refractivity contribution in [1.82, 2.24) is 0 Å². The molecule has 1 aliphatic rings. The van der Waals surface area contributed by atoms with E-state index in [9.17, 15) is 4.79 Å². The van der Waals surface area contributed by atoms with Crippen LogP contribution in [0.4, 0.5) is 0 Å². The standard InChI is InChI=1S/C7H13NO2/c1-7(8)3-2-5(4-7)6(9)10/h5H,2-4,8H2,1H3,(H,9,10)/t5?,7-/m0/s1. The number of aliphatic carboxylic acids is 1. The molecule has 0 heterocycles. The SMILES string of the molecule is C[C@]1(N)CCC(C(=O)O)C1. The predicted molar refractivity (Wildman–Crippen MR) is 37.6 cm³/mol. The molecule has 2 atom stereocenters. The van der Waals surface area contributed by atoms with Gasteiger partial charge < -0.3 is 10.8 Å². The van der Waals surface area contributed by atoms with Crippen LogP contribution in [0.2, 0.25) is 0 Å². The van der Waals surface area contributed by atoms with Crippen LogP contribution < -0.4 is 5.73 Å². The van der Waals surface area contributed by atoms with Gasteiger partial charge in [-0.2, -0.15) is 0 Å². The molecule has 0 aromatic carbocycles. The van der Waals surface area contributed by atoms with Gasteiger partial charge in [-0.1, -0.05) is 0 Å². The molecule has 10 heavy (non-hydrogen) atoms. The lowest BCUT2D eigenvalue weighted by Crippen LogP contribution is -2.33. The third-order valence-corrected chi connectivity index (χ3v) is 2.13. The summed E-state index contributed by atoms with van der Waals surface area (Å²) < 4.78 is 0. The average molecular weight is 143 g/mol. The Balaban J connectivity index is 2.51. The van der Waals surface area contributed by atoms with E-state index in [1.165, 1.54) is 0 Å². The molecule has 0 bridgehead atoms. The van der Waals surface area contributed by atoms with Gasteiger partial charge in [0.1, 0.15) is 0 Å². The molecule has 3 heteroatoms. The van der Waals surface area contributed by atoms with Crippen molar-refractivity contribution in [2.75, 3.05) is 0 Å². The van der Waals surface area contributed by atoms with E-state index in [0.717, 1.165) is 12.8 Å². The minimum atomic E-state index is -0.700. The molecule has 0 saturated heterocycles. The Morgan fingerprint density at radius 1 is 1.80 bits per heavy atom. The number of carbonyl (C=O) groups is 1. The van der Waals surface area contributed by atoms with E-state index in [2.05, 4.69) is 0 Å². The topological polar surface area (TPSA) is 63.3 Å². The van der Waals surface area contributed by atoms with E-state index in [-0.39, 0.29) is 11.5 Å². The van der Waals surface area contributed by atoms with Crippen LogP contribution in [0.5, 0.6) is 0 Å². The van der Waals surface area contributed by atoms with Crippen molar-refractivity contribution in [2.24, 2.45) is 11.7 Å². The summed E-state index contributed by atoms with van der Waals surface area (Å²) in [6, 6.07) is 0. The van der Waals surface area contributed by atoms with Gasteiger partial charge in [0, 0.05) is 5.54 Å². The molecule has 0 radical (unpaired) electrons. The van der Waals surface area contributed by atoms with Gasteiger partial charge in [0.25, 0.3) is 0 Å². The molecular formula is C7H13NO2. The van der Waals surface area contributed by atoms with E-state index in [1.807, 2.05) is 6.92 Å². The molecule has 0 aliphatic heterocycles. The van der Waals surface area contributed by atoms with Crippen LogP contribution in [0.15, 0.2) is 0 Å². The zero-order chi connectivity index (χ0) is 7.78. The smallest absolute Gasteiger partial charge is 0.306 e. The minimum Gasteiger partial charge on any atom is -0.481 e. The highest BCUT2D eigenvalue weighted by molar-refractivity contribution is 5.70. The Morgan fingerprint density at radius 3 is 2.60 bits per heavy atom. The Bertz CT molecular complexity index is 154. The van der Waals surface area contributed by atoms with E-state index in [0.29, 0.717) is 6.42 Å². The number of carboxylic acid groups (broad SMARTS) is 1. The number of rotatable bonds is 1. The molecule has 1 aliphatic carbocycles. The molecule has 0 amide bonds. The van der Waals surface area contributed by atoms with Gasteiger partial charge in [-0.05, 0) is 26.2 Å². The zero-order valence-corrected chi connectivity index (χ0v) is 6.13. The molecule has 1 fully saturated rings. The summed E-state index contributed by atoms with van der Waals surface area (Å²) in [5.41, 5.74) is 5.51. The van der Waals surface area contributed by atoms with E-state index >= 15 is 0 Å². The maximum absolute atomic E-state index is 10.4. The summed E-state index contributed by atoms with van der Waals surface area (Å²) in [5, 5.41) is 8.59. The lowest BCUT2D eigenvalue weighted by atomic mass is 10.0. The lowest BCUT2D eigenvalue weighted by Gasteiger charge is -2.15. The van der Waals surface area contributed by atoms with Gasteiger partial charge in [-0.15, -0.1) is 0 Å². The summed E-state index contributed by atoms with van der Waals surface area (Å²) >= 11 is 0. The van der Waals surface area contributed by atoms with Crippen LogP contribution in [0.3, 0.4) is 0 Å². The van der Waals surface area contributed by atoms with Crippen LogP contribution in [-0.4, -0.2) is 16.6 Å². The fraction of sp³-hybridized carbons (Fsp3) is 0.857. The van der Waals surface area contributed by atoms with Crippen molar-refractivity contribution in [3.63, 3.8) is 0 Å². The van der Waals surface area contributed by atoms with Crippen LogP contribution >= 0.6 is 0 Å². The van der Waals surface area contributed by atoms with Crippen LogP contribution in [0.1, 0.15) is 26.2 Å². The summed E-state index contributed by atoms with van der Waals surface area (Å²) in [6.45, 7) is 1.91. The quantitative estimate of drug-likeness (QED) is 0.564. The highest BCUT2D eigenvalue weighted by Gasteiger charge is 2.35. The van der Waals surface area contributed by atoms with Crippen LogP contribution in [0, 0.1) is 5.92 Å². The van der Waals surface area contributed by atoms with Crippen molar-refractivity contribution in [2.45, 2.75) is 31.7 Å². The summed E-state index contributed by atoms with van der Waals surface area (Å²) in [6.07, 6.45) is 2.20. The molecule has 3 nitrogen and oxygen atoms in total. The number of hydrogen-bond donors (Lipinski definition) is 2. The molecule has 0 spiro atoms. The van der Waals surface area contributed by atoms with Gasteiger partial charge in [-0.25, -0.2) is 0 Å². The van der Waals surface area contributed by atoms with Gasteiger partial charge in [0.15, 0.2) is 0 Å². The second-order valence-electron chi connectivity index (χ2n) is 3.43. The fourth-order valence-electron chi connectivity index (χ4n) is 1.48. The third-order valence-electron chi connectivity index (χ3n) is 2.13.